The van der Waals surface area contributed by atoms with Crippen LogP contribution in [-0.4, -0.2) is 34.6 Å². The van der Waals surface area contributed by atoms with Crippen LogP contribution in [0.1, 0.15) is 47.0 Å². The Morgan fingerprint density at radius 2 is 1.93 bits per heavy atom. The van der Waals surface area contributed by atoms with Crippen molar-refractivity contribution in [2.75, 3.05) is 6.61 Å². The van der Waals surface area contributed by atoms with E-state index in [0.29, 0.717) is 0 Å². The van der Waals surface area contributed by atoms with Crippen LogP contribution in [-0.2, 0) is 9.47 Å². The van der Waals surface area contributed by atoms with Crippen LogP contribution in [0.3, 0.4) is 0 Å². The molecular weight excluding hydrogens is 192 g/mol. The monoisotopic (exact) mass is 214 g/mol. The van der Waals surface area contributed by atoms with Crippen molar-refractivity contribution in [3.05, 3.63) is 0 Å². The highest BCUT2D eigenvalue weighted by molar-refractivity contribution is 5.10. The Labute approximate surface area is 91.8 Å². The normalized spacial score (nSPS) is 42.6. The Morgan fingerprint density at radius 1 is 1.27 bits per heavy atom. The first-order valence-electron chi connectivity index (χ1n) is 5.79. The van der Waals surface area contributed by atoms with Gasteiger partial charge in [-0.15, -0.1) is 0 Å². The van der Waals surface area contributed by atoms with Crippen molar-refractivity contribution >= 4 is 0 Å². The molecule has 1 spiro atoms. The van der Waals surface area contributed by atoms with E-state index in [4.69, 9.17) is 14.6 Å². The summed E-state index contributed by atoms with van der Waals surface area (Å²) in [4.78, 5) is 0. The fourth-order valence-electron chi connectivity index (χ4n) is 3.25. The Kier molecular flexibility index (Phi) is 2.42. The minimum Gasteiger partial charge on any atom is -0.394 e. The molecule has 15 heavy (non-hydrogen) atoms. The maximum atomic E-state index is 9.14. The maximum Gasteiger partial charge on any atom is 0.0998 e. The zero-order valence-corrected chi connectivity index (χ0v) is 10.2. The van der Waals surface area contributed by atoms with Crippen LogP contribution in [0.25, 0.3) is 0 Å². The molecule has 0 bridgehead atoms. The van der Waals surface area contributed by atoms with Crippen LogP contribution in [0.15, 0.2) is 0 Å². The first-order chi connectivity index (χ1) is 6.80. The second kappa shape index (κ2) is 3.19. The Morgan fingerprint density at radius 3 is 2.33 bits per heavy atom. The molecule has 2 atom stereocenters. The van der Waals surface area contributed by atoms with E-state index in [1.807, 2.05) is 0 Å². The number of aliphatic hydroxyl groups excluding tert-OH is 1. The van der Waals surface area contributed by atoms with Crippen LogP contribution in [0, 0.1) is 0 Å². The summed E-state index contributed by atoms with van der Waals surface area (Å²) < 4.78 is 12.1. The fraction of sp³-hybridized carbons (Fsp3) is 1.00. The first kappa shape index (κ1) is 11.4. The number of aliphatic hydroxyl groups is 1. The average Bonchev–Trinajstić information content (AvgIpc) is 2.53. The number of rotatable bonds is 1. The van der Waals surface area contributed by atoms with Gasteiger partial charge in [-0.1, -0.05) is 0 Å². The summed E-state index contributed by atoms with van der Waals surface area (Å²) in [6.07, 6.45) is 2.86. The first-order valence-corrected chi connectivity index (χ1v) is 5.79. The van der Waals surface area contributed by atoms with Gasteiger partial charge in [0, 0.05) is 6.42 Å². The number of hydrogen-bond acceptors (Lipinski definition) is 3. The van der Waals surface area contributed by atoms with Gasteiger partial charge in [-0.05, 0) is 40.5 Å². The van der Waals surface area contributed by atoms with E-state index < -0.39 is 0 Å². The largest absolute Gasteiger partial charge is 0.394 e. The molecule has 0 aromatic heterocycles. The van der Waals surface area contributed by atoms with Crippen molar-refractivity contribution in [3.63, 3.8) is 0 Å². The quantitative estimate of drug-likeness (QED) is 0.724. The van der Waals surface area contributed by atoms with E-state index in [1.165, 1.54) is 0 Å². The smallest absolute Gasteiger partial charge is 0.0998 e. The lowest BCUT2D eigenvalue weighted by Gasteiger charge is -2.36. The summed E-state index contributed by atoms with van der Waals surface area (Å²) in [6, 6.07) is 0. The summed E-state index contributed by atoms with van der Waals surface area (Å²) in [6.45, 7) is 8.54. The summed E-state index contributed by atoms with van der Waals surface area (Å²) in [5, 5.41) is 9.14. The molecule has 2 fully saturated rings. The second-order valence-corrected chi connectivity index (χ2v) is 6.00. The molecule has 2 saturated heterocycles. The minimum atomic E-state index is -0.250. The topological polar surface area (TPSA) is 38.7 Å². The van der Waals surface area contributed by atoms with E-state index in [2.05, 4.69) is 27.7 Å². The molecule has 88 valence electrons. The van der Waals surface area contributed by atoms with E-state index in [9.17, 15) is 0 Å². The molecule has 3 nitrogen and oxygen atoms in total. The average molecular weight is 214 g/mol. The predicted octanol–water partition coefficient (Wildman–Crippen LogP) is 1.87. The molecule has 0 aromatic rings. The number of ether oxygens (including phenoxy) is 2. The molecule has 3 heteroatoms. The minimum absolute atomic E-state index is 0.00164. The van der Waals surface area contributed by atoms with Gasteiger partial charge in [0.15, 0.2) is 0 Å². The van der Waals surface area contributed by atoms with Crippen LogP contribution < -0.4 is 0 Å². The van der Waals surface area contributed by atoms with Gasteiger partial charge in [-0.2, -0.15) is 0 Å². The molecular formula is C12H22O3. The molecule has 2 aliphatic rings. The van der Waals surface area contributed by atoms with Crippen molar-refractivity contribution in [2.24, 2.45) is 0 Å². The Hall–Kier alpha value is -0.120. The van der Waals surface area contributed by atoms with Crippen molar-refractivity contribution < 1.29 is 14.6 Å². The molecule has 2 heterocycles. The molecule has 0 amide bonds. The highest BCUT2D eigenvalue weighted by atomic mass is 16.6. The third kappa shape index (κ3) is 1.71. The third-order valence-electron chi connectivity index (χ3n) is 3.81. The summed E-state index contributed by atoms with van der Waals surface area (Å²) in [5.74, 6) is 0. The van der Waals surface area contributed by atoms with Gasteiger partial charge in [0.05, 0.1) is 29.5 Å². The van der Waals surface area contributed by atoms with Gasteiger partial charge in [-0.3, -0.25) is 0 Å². The highest BCUT2D eigenvalue weighted by Crippen LogP contribution is 2.53. The molecule has 0 radical (unpaired) electrons. The lowest BCUT2D eigenvalue weighted by molar-refractivity contribution is -0.150. The van der Waals surface area contributed by atoms with Gasteiger partial charge in [0.1, 0.15) is 0 Å². The van der Waals surface area contributed by atoms with Crippen LogP contribution in [0.5, 0.6) is 0 Å². The standard InChI is InChI=1S/C12H22O3/c1-10(2)8-12(11(3,4)15-10)6-5-9(7-13)14-12/h9,13H,5-8H2,1-4H3/t9-,12+/m1/s1. The summed E-state index contributed by atoms with van der Waals surface area (Å²) in [5.41, 5.74) is -0.557. The lowest BCUT2D eigenvalue weighted by atomic mass is 9.80. The SMILES string of the molecule is CC1(C)C[C@@]2(CC[C@H](CO)O2)C(C)(C)O1. The zero-order valence-electron chi connectivity index (χ0n) is 10.2. The van der Waals surface area contributed by atoms with Gasteiger partial charge in [0.25, 0.3) is 0 Å². The maximum absolute atomic E-state index is 9.14. The summed E-state index contributed by atoms with van der Waals surface area (Å²) in [7, 11) is 0. The van der Waals surface area contributed by atoms with E-state index >= 15 is 0 Å². The van der Waals surface area contributed by atoms with Crippen LogP contribution in [0.2, 0.25) is 0 Å². The Balaban J connectivity index is 2.22. The van der Waals surface area contributed by atoms with E-state index in [0.717, 1.165) is 19.3 Å². The van der Waals surface area contributed by atoms with Gasteiger partial charge >= 0.3 is 0 Å². The van der Waals surface area contributed by atoms with Gasteiger partial charge < -0.3 is 14.6 Å². The second-order valence-electron chi connectivity index (χ2n) is 6.00. The molecule has 2 aliphatic heterocycles. The van der Waals surface area contributed by atoms with Crippen molar-refractivity contribution in [1.29, 1.82) is 0 Å². The zero-order chi connectivity index (χ0) is 11.3. The molecule has 0 saturated carbocycles. The van der Waals surface area contributed by atoms with Gasteiger partial charge in [0.2, 0.25) is 0 Å². The summed E-state index contributed by atoms with van der Waals surface area (Å²) >= 11 is 0. The third-order valence-corrected chi connectivity index (χ3v) is 3.81. The number of hydrogen-bond donors (Lipinski definition) is 1. The Bertz CT molecular complexity index is 260. The fourth-order valence-corrected chi connectivity index (χ4v) is 3.25. The lowest BCUT2D eigenvalue weighted by Crippen LogP contribution is -2.46. The molecule has 1 N–H and O–H groups in total. The van der Waals surface area contributed by atoms with E-state index in [-0.39, 0.29) is 29.5 Å². The predicted molar refractivity (Wildman–Crippen MR) is 57.8 cm³/mol. The van der Waals surface area contributed by atoms with Gasteiger partial charge in [-0.25, -0.2) is 0 Å². The van der Waals surface area contributed by atoms with Crippen LogP contribution in [0.4, 0.5) is 0 Å². The van der Waals surface area contributed by atoms with E-state index in [1.54, 1.807) is 0 Å². The highest BCUT2D eigenvalue weighted by Gasteiger charge is 2.60. The molecule has 0 aromatic carbocycles. The van der Waals surface area contributed by atoms with Crippen LogP contribution >= 0.6 is 0 Å². The van der Waals surface area contributed by atoms with Crippen molar-refractivity contribution in [1.82, 2.24) is 0 Å². The molecule has 0 aliphatic carbocycles. The molecule has 2 rings (SSSR count). The van der Waals surface area contributed by atoms with Crippen molar-refractivity contribution in [2.45, 2.75) is 69.9 Å². The van der Waals surface area contributed by atoms with Crippen molar-refractivity contribution in [3.8, 4) is 0 Å². The molecule has 0 unspecified atom stereocenters.